The normalized spacial score (nSPS) is 11.9. The molecule has 0 saturated carbocycles. The maximum atomic E-state index is 12.3. The number of carbonyl (C=O) groups is 3. The number of carboxylic acids is 2. The fourth-order valence-electron chi connectivity index (χ4n) is 1.99. The Morgan fingerprint density at radius 2 is 1.91 bits per heavy atom. The Hall–Kier alpha value is -2.68. The molecule has 0 aliphatic carbocycles. The molecule has 0 radical (unpaired) electrons. The second-order valence-corrected chi connectivity index (χ2v) is 5.59. The number of hydrogen-bond acceptors (Lipinski definition) is 7. The summed E-state index contributed by atoms with van der Waals surface area (Å²) in [6.07, 6.45) is -0.775. The van der Waals surface area contributed by atoms with Crippen molar-refractivity contribution in [3.05, 3.63) is 17.0 Å². The number of carbonyl (C=O) groups excluding carboxylic acids is 1. The lowest BCUT2D eigenvalue weighted by Gasteiger charge is -2.06. The Morgan fingerprint density at radius 3 is 2.43 bits per heavy atom. The summed E-state index contributed by atoms with van der Waals surface area (Å²) in [4.78, 5) is 38.9. The summed E-state index contributed by atoms with van der Waals surface area (Å²) in [5.74, 6) is -4.62. The van der Waals surface area contributed by atoms with Crippen LogP contribution in [0.2, 0.25) is 0 Å². The number of ether oxygens (including phenoxy) is 2. The quantitative estimate of drug-likeness (QED) is 0.577. The number of aliphatic carboxylic acids is 2. The Kier molecular flexibility index (Phi) is 4.80. The van der Waals surface area contributed by atoms with Crippen molar-refractivity contribution in [1.82, 2.24) is 4.98 Å². The minimum atomic E-state index is -1.63. The van der Waals surface area contributed by atoms with Crippen LogP contribution < -0.4 is 9.47 Å². The molecule has 0 aromatic carbocycles. The minimum absolute atomic E-state index is 0.122. The largest absolute Gasteiger partial charge is 0.491 e. The van der Waals surface area contributed by atoms with Crippen molar-refractivity contribution in [1.29, 1.82) is 0 Å². The maximum absolute atomic E-state index is 12.3. The van der Waals surface area contributed by atoms with Gasteiger partial charge in [0, 0.05) is 5.39 Å². The first-order chi connectivity index (χ1) is 10.9. The van der Waals surface area contributed by atoms with E-state index in [1.165, 1.54) is 20.3 Å². The molecule has 2 aromatic heterocycles. The van der Waals surface area contributed by atoms with E-state index in [1.54, 1.807) is 6.07 Å². The molecule has 1 atom stereocenters. The number of aromatic nitrogens is 1. The molecular weight excluding hydrogens is 326 g/mol. The van der Waals surface area contributed by atoms with Crippen molar-refractivity contribution < 1.29 is 34.1 Å². The van der Waals surface area contributed by atoms with E-state index in [0.29, 0.717) is 16.0 Å². The summed E-state index contributed by atoms with van der Waals surface area (Å²) in [5.41, 5.74) is 0. The number of thiophene rings is 1. The highest BCUT2D eigenvalue weighted by Crippen LogP contribution is 2.34. The predicted octanol–water partition coefficient (Wildman–Crippen LogP) is 1.67. The fourth-order valence-corrected chi connectivity index (χ4v) is 2.99. The van der Waals surface area contributed by atoms with Gasteiger partial charge in [0.25, 0.3) is 5.88 Å². The van der Waals surface area contributed by atoms with E-state index in [1.807, 2.05) is 0 Å². The molecule has 0 aliphatic heterocycles. The first-order valence-electron chi connectivity index (χ1n) is 6.38. The monoisotopic (exact) mass is 339 g/mol. The molecule has 9 heteroatoms. The minimum Gasteiger partial charge on any atom is -0.491 e. The Bertz CT molecular complexity index is 742. The van der Waals surface area contributed by atoms with Crippen LogP contribution in [0.25, 0.3) is 10.2 Å². The molecule has 0 spiro atoms. The van der Waals surface area contributed by atoms with Crippen molar-refractivity contribution >= 4 is 39.3 Å². The van der Waals surface area contributed by atoms with Crippen LogP contribution in [0.4, 0.5) is 0 Å². The number of rotatable bonds is 7. The van der Waals surface area contributed by atoms with Gasteiger partial charge in [-0.25, -0.2) is 0 Å². The van der Waals surface area contributed by atoms with Crippen LogP contribution in [0.3, 0.4) is 0 Å². The maximum Gasteiger partial charge on any atom is 0.315 e. The van der Waals surface area contributed by atoms with Gasteiger partial charge in [-0.1, -0.05) is 0 Å². The number of carboxylic acid groups (broad SMARTS) is 2. The molecule has 2 heterocycles. The molecule has 8 nitrogen and oxygen atoms in total. The average molecular weight is 339 g/mol. The van der Waals surface area contributed by atoms with E-state index in [-0.39, 0.29) is 10.8 Å². The summed E-state index contributed by atoms with van der Waals surface area (Å²) < 4.78 is 10.2. The second kappa shape index (κ2) is 6.61. The summed E-state index contributed by atoms with van der Waals surface area (Å²) >= 11 is 0.974. The molecule has 0 bridgehead atoms. The van der Waals surface area contributed by atoms with Crippen molar-refractivity contribution in [3.8, 4) is 11.6 Å². The number of hydrogen-bond donors (Lipinski definition) is 2. The molecule has 2 aromatic rings. The second-order valence-electron chi connectivity index (χ2n) is 4.56. The topological polar surface area (TPSA) is 123 Å². The molecule has 1 unspecified atom stereocenters. The molecule has 2 rings (SSSR count). The molecule has 0 amide bonds. The van der Waals surface area contributed by atoms with Crippen molar-refractivity contribution in [3.63, 3.8) is 0 Å². The van der Waals surface area contributed by atoms with E-state index >= 15 is 0 Å². The van der Waals surface area contributed by atoms with E-state index in [0.717, 1.165) is 11.3 Å². The highest BCUT2D eigenvalue weighted by molar-refractivity contribution is 7.20. The third-order valence-electron chi connectivity index (χ3n) is 3.09. The van der Waals surface area contributed by atoms with Gasteiger partial charge in [-0.2, -0.15) is 4.98 Å². The summed E-state index contributed by atoms with van der Waals surface area (Å²) in [5, 5.41) is 18.4. The number of methoxy groups -OCH3 is 2. The van der Waals surface area contributed by atoms with E-state index in [2.05, 4.69) is 4.98 Å². The van der Waals surface area contributed by atoms with Gasteiger partial charge in [-0.3, -0.25) is 14.4 Å². The highest BCUT2D eigenvalue weighted by atomic mass is 32.1. The predicted molar refractivity (Wildman–Crippen MR) is 80.4 cm³/mol. The standard InChI is InChI=1S/C14H13NO7S/c1-21-8-3-6-4-9(23-13(6)15-12(8)22-2)11(18)7(14(19)20)5-10(16)17/h3-4,7H,5H2,1-2H3,(H,16,17)(H,19,20). The zero-order chi connectivity index (χ0) is 17.1. The van der Waals surface area contributed by atoms with Gasteiger partial charge < -0.3 is 19.7 Å². The van der Waals surface area contributed by atoms with Crippen LogP contribution in [0.15, 0.2) is 12.1 Å². The van der Waals surface area contributed by atoms with E-state index < -0.39 is 30.1 Å². The number of nitrogens with zero attached hydrogens (tertiary/aromatic N) is 1. The lowest BCUT2D eigenvalue weighted by atomic mass is 9.99. The number of ketones is 1. The summed E-state index contributed by atoms with van der Waals surface area (Å²) in [6.45, 7) is 0. The Morgan fingerprint density at radius 1 is 1.22 bits per heavy atom. The lowest BCUT2D eigenvalue weighted by Crippen LogP contribution is -2.26. The van der Waals surface area contributed by atoms with Crippen LogP contribution in [-0.2, 0) is 9.59 Å². The Labute approximate surface area is 134 Å². The molecule has 23 heavy (non-hydrogen) atoms. The molecule has 122 valence electrons. The highest BCUT2D eigenvalue weighted by Gasteiger charge is 2.31. The van der Waals surface area contributed by atoms with Gasteiger partial charge in [0.15, 0.2) is 11.5 Å². The smallest absolute Gasteiger partial charge is 0.315 e. The van der Waals surface area contributed by atoms with Crippen LogP contribution in [0, 0.1) is 5.92 Å². The first-order valence-corrected chi connectivity index (χ1v) is 7.20. The van der Waals surface area contributed by atoms with Crippen molar-refractivity contribution in [2.24, 2.45) is 5.92 Å². The molecule has 0 saturated heterocycles. The van der Waals surface area contributed by atoms with Crippen LogP contribution in [0.1, 0.15) is 16.1 Å². The average Bonchev–Trinajstić information content (AvgIpc) is 2.92. The fraction of sp³-hybridized carbons (Fsp3) is 0.286. The molecule has 0 fully saturated rings. The van der Waals surface area contributed by atoms with Crippen LogP contribution in [-0.4, -0.2) is 47.1 Å². The molecule has 0 aliphatic rings. The third-order valence-corrected chi connectivity index (χ3v) is 4.15. The van der Waals surface area contributed by atoms with E-state index in [4.69, 9.17) is 19.7 Å². The van der Waals surface area contributed by atoms with Crippen LogP contribution >= 0.6 is 11.3 Å². The zero-order valence-corrected chi connectivity index (χ0v) is 13.0. The van der Waals surface area contributed by atoms with Gasteiger partial charge in [-0.15, -0.1) is 11.3 Å². The van der Waals surface area contributed by atoms with E-state index in [9.17, 15) is 14.4 Å². The Balaban J connectivity index is 2.44. The van der Waals surface area contributed by atoms with Gasteiger partial charge >= 0.3 is 11.9 Å². The number of pyridine rings is 1. The van der Waals surface area contributed by atoms with Gasteiger partial charge in [0.05, 0.1) is 25.5 Å². The van der Waals surface area contributed by atoms with Gasteiger partial charge in [0.2, 0.25) is 0 Å². The molecule has 2 N–H and O–H groups in total. The number of Topliss-reactive ketones (excluding diaryl/α,β-unsaturated/α-hetero) is 1. The zero-order valence-electron chi connectivity index (χ0n) is 12.2. The van der Waals surface area contributed by atoms with Crippen LogP contribution in [0.5, 0.6) is 11.6 Å². The summed E-state index contributed by atoms with van der Waals surface area (Å²) in [6, 6.07) is 3.08. The lowest BCUT2D eigenvalue weighted by molar-refractivity contribution is -0.146. The first kappa shape index (κ1) is 16.7. The molecular formula is C14H13NO7S. The van der Waals surface area contributed by atoms with Gasteiger partial charge in [0.1, 0.15) is 10.7 Å². The SMILES string of the molecule is COc1cc2cc(C(=O)C(CC(=O)O)C(=O)O)sc2nc1OC. The third kappa shape index (κ3) is 3.39. The summed E-state index contributed by atoms with van der Waals surface area (Å²) in [7, 11) is 2.86. The van der Waals surface area contributed by atoms with Crippen molar-refractivity contribution in [2.75, 3.05) is 14.2 Å². The van der Waals surface area contributed by atoms with Gasteiger partial charge in [-0.05, 0) is 12.1 Å². The number of fused-ring (bicyclic) bond motifs is 1. The van der Waals surface area contributed by atoms with Crippen molar-refractivity contribution in [2.45, 2.75) is 6.42 Å².